The first-order valence-corrected chi connectivity index (χ1v) is 11.2. The molecule has 1 N–H and O–H groups in total. The van der Waals surface area contributed by atoms with E-state index in [9.17, 15) is 29.6 Å². The zero-order valence-electron chi connectivity index (χ0n) is 18.2. The number of nitro groups is 1. The van der Waals surface area contributed by atoms with E-state index in [0.29, 0.717) is 5.02 Å². The summed E-state index contributed by atoms with van der Waals surface area (Å²) in [6.45, 7) is 1.54. The number of ketones is 1. The maximum absolute atomic E-state index is 13.2. The van der Waals surface area contributed by atoms with Crippen LogP contribution in [0.15, 0.2) is 54.1 Å². The summed E-state index contributed by atoms with van der Waals surface area (Å²) in [5.41, 5.74) is 0.125. The molecule has 0 spiro atoms. The van der Waals surface area contributed by atoms with Crippen molar-refractivity contribution in [2.45, 2.75) is 13.0 Å². The number of ether oxygens (including phenoxy) is 1. The number of anilines is 1. The van der Waals surface area contributed by atoms with Crippen LogP contribution in [0.4, 0.5) is 10.8 Å². The minimum absolute atomic E-state index is 0.00309. The van der Waals surface area contributed by atoms with Gasteiger partial charge in [0.05, 0.1) is 29.3 Å². The van der Waals surface area contributed by atoms with Gasteiger partial charge in [0.1, 0.15) is 10.6 Å². The highest BCUT2D eigenvalue weighted by molar-refractivity contribution is 7.17. The quantitative estimate of drug-likeness (QED) is 0.132. The van der Waals surface area contributed by atoms with Gasteiger partial charge in [-0.05, 0) is 36.8 Å². The number of non-ortho nitro benzene ring substituents is 1. The Bertz CT molecular complexity index is 1410. The monoisotopic (exact) mass is 513 g/mol. The van der Waals surface area contributed by atoms with E-state index in [0.717, 1.165) is 16.2 Å². The Morgan fingerprint density at radius 2 is 1.91 bits per heavy atom. The van der Waals surface area contributed by atoms with E-state index in [-0.39, 0.29) is 38.1 Å². The molecule has 35 heavy (non-hydrogen) atoms. The first kappa shape index (κ1) is 24.0. The first-order chi connectivity index (χ1) is 16.6. The molecular formula is C23H16ClN3O7S. The largest absolute Gasteiger partial charge is 0.507 e. The van der Waals surface area contributed by atoms with Gasteiger partial charge in [-0.2, -0.15) is 0 Å². The number of nitro benzene ring substituents is 1. The summed E-state index contributed by atoms with van der Waals surface area (Å²) in [6.07, 6.45) is 0. The summed E-state index contributed by atoms with van der Waals surface area (Å²) in [6, 6.07) is 10.1. The molecule has 1 atom stereocenters. The highest BCUT2D eigenvalue weighted by Gasteiger charge is 2.48. The maximum Gasteiger partial charge on any atom is 0.350 e. The lowest BCUT2D eigenvalue weighted by Crippen LogP contribution is -2.29. The fourth-order valence-electron chi connectivity index (χ4n) is 3.68. The number of aryl methyl sites for hydroxylation is 1. The highest BCUT2D eigenvalue weighted by atomic mass is 35.5. The molecule has 1 aliphatic rings. The zero-order valence-corrected chi connectivity index (χ0v) is 19.8. The predicted molar refractivity (Wildman–Crippen MR) is 128 cm³/mol. The molecule has 3 aromatic rings. The molecule has 1 amide bonds. The second-order valence-corrected chi connectivity index (χ2v) is 8.84. The normalized spacial score (nSPS) is 17.0. The lowest BCUT2D eigenvalue weighted by molar-refractivity contribution is -0.384. The topological polar surface area (TPSA) is 140 Å². The van der Waals surface area contributed by atoms with Crippen LogP contribution in [0.1, 0.15) is 32.5 Å². The molecule has 2 aromatic carbocycles. The predicted octanol–water partition coefficient (Wildman–Crippen LogP) is 4.43. The fourth-order valence-corrected chi connectivity index (χ4v) is 4.82. The smallest absolute Gasteiger partial charge is 0.350 e. The number of hydrogen-bond donors (Lipinski definition) is 1. The van der Waals surface area contributed by atoms with E-state index in [1.165, 1.54) is 55.6 Å². The van der Waals surface area contributed by atoms with Crippen molar-refractivity contribution in [3.05, 3.63) is 90.9 Å². The van der Waals surface area contributed by atoms with Crippen molar-refractivity contribution in [3.8, 4) is 0 Å². The number of rotatable bonds is 5. The van der Waals surface area contributed by atoms with Gasteiger partial charge in [0, 0.05) is 22.7 Å². The van der Waals surface area contributed by atoms with Crippen molar-refractivity contribution in [2.75, 3.05) is 12.0 Å². The Morgan fingerprint density at radius 1 is 1.23 bits per heavy atom. The van der Waals surface area contributed by atoms with Gasteiger partial charge < -0.3 is 9.84 Å². The van der Waals surface area contributed by atoms with Gasteiger partial charge in [0.25, 0.3) is 11.5 Å². The lowest BCUT2D eigenvalue weighted by atomic mass is 9.95. The number of Topliss-reactive ketones (excluding diaryl/α,β-unsaturated/α-hetero) is 1. The van der Waals surface area contributed by atoms with Crippen molar-refractivity contribution >= 4 is 57.2 Å². The van der Waals surface area contributed by atoms with Gasteiger partial charge >= 0.3 is 11.9 Å². The number of carbonyl (C=O) groups excluding carboxylic acids is 3. The van der Waals surface area contributed by atoms with Gasteiger partial charge in [-0.15, -0.1) is 0 Å². The second kappa shape index (κ2) is 9.28. The first-order valence-electron chi connectivity index (χ1n) is 10.0. The van der Waals surface area contributed by atoms with Crippen molar-refractivity contribution < 1.29 is 29.2 Å². The molecule has 10 nitrogen and oxygen atoms in total. The van der Waals surface area contributed by atoms with Crippen molar-refractivity contribution in [1.82, 2.24) is 4.98 Å². The lowest BCUT2D eigenvalue weighted by Gasteiger charge is -2.22. The molecule has 1 saturated heterocycles. The Balaban J connectivity index is 1.96. The average molecular weight is 514 g/mol. The molecule has 0 radical (unpaired) electrons. The fraction of sp³-hybridized carbons (Fsp3) is 0.130. The molecule has 0 bridgehead atoms. The summed E-state index contributed by atoms with van der Waals surface area (Å²) >= 11 is 6.75. The van der Waals surface area contributed by atoms with Crippen LogP contribution in [0.2, 0.25) is 5.02 Å². The molecular weight excluding hydrogens is 498 g/mol. The SMILES string of the molecule is COC(=O)c1sc(N2C(=O)C(=O)/C(=C(/O)c3ccc(Cl)cc3)C2c2cccc([N+](=O)[O-])c2)nc1C. The minimum atomic E-state index is -1.25. The third-order valence-electron chi connectivity index (χ3n) is 5.32. The van der Waals surface area contributed by atoms with E-state index in [2.05, 4.69) is 4.98 Å². The van der Waals surface area contributed by atoms with Gasteiger partial charge in [0.15, 0.2) is 5.13 Å². The van der Waals surface area contributed by atoms with Crippen LogP contribution < -0.4 is 4.90 Å². The van der Waals surface area contributed by atoms with Gasteiger partial charge in [-0.25, -0.2) is 9.78 Å². The number of benzene rings is 2. The Hall–Kier alpha value is -4.09. The van der Waals surface area contributed by atoms with E-state index >= 15 is 0 Å². The van der Waals surface area contributed by atoms with Crippen LogP contribution in [0.5, 0.6) is 0 Å². The van der Waals surface area contributed by atoms with Crippen LogP contribution in [0.25, 0.3) is 5.76 Å². The average Bonchev–Trinajstić information content (AvgIpc) is 3.35. The van der Waals surface area contributed by atoms with Crippen molar-refractivity contribution in [1.29, 1.82) is 0 Å². The summed E-state index contributed by atoms with van der Waals surface area (Å²) < 4.78 is 4.75. The molecule has 0 saturated carbocycles. The number of nitrogens with zero attached hydrogens (tertiary/aromatic N) is 3. The Labute approximate surface area is 207 Å². The summed E-state index contributed by atoms with van der Waals surface area (Å²) in [5.74, 6) is -3.18. The van der Waals surface area contributed by atoms with Crippen LogP contribution in [0, 0.1) is 17.0 Å². The van der Waals surface area contributed by atoms with Gasteiger partial charge in [0.2, 0.25) is 0 Å². The number of amides is 1. The molecule has 2 heterocycles. The summed E-state index contributed by atoms with van der Waals surface area (Å²) in [5, 5.41) is 22.9. The van der Waals surface area contributed by atoms with Crippen molar-refractivity contribution in [2.24, 2.45) is 0 Å². The molecule has 1 unspecified atom stereocenters. The van der Waals surface area contributed by atoms with Crippen LogP contribution in [0.3, 0.4) is 0 Å². The van der Waals surface area contributed by atoms with Gasteiger partial charge in [-0.3, -0.25) is 24.6 Å². The number of methoxy groups -OCH3 is 1. The standard InChI is InChI=1S/C23H16ClN3O7S/c1-11-20(22(31)34-2)35-23(25-11)26-17(13-4-3-5-15(10-13)27(32)33)16(19(29)21(26)30)18(28)12-6-8-14(24)9-7-12/h3-10,17,28H,1-2H3/b18-16+. The van der Waals surface area contributed by atoms with Gasteiger partial charge in [-0.1, -0.05) is 35.1 Å². The number of halogens is 1. The van der Waals surface area contributed by atoms with E-state index < -0.39 is 34.4 Å². The molecule has 1 aliphatic heterocycles. The third kappa shape index (κ3) is 4.27. The van der Waals surface area contributed by atoms with Crippen molar-refractivity contribution in [3.63, 3.8) is 0 Å². The summed E-state index contributed by atoms with van der Waals surface area (Å²) in [7, 11) is 1.20. The Morgan fingerprint density at radius 3 is 2.54 bits per heavy atom. The molecule has 1 fully saturated rings. The number of aromatic nitrogens is 1. The maximum atomic E-state index is 13.2. The number of aliphatic hydroxyl groups is 1. The van der Waals surface area contributed by atoms with E-state index in [1.54, 1.807) is 6.92 Å². The molecule has 1 aromatic heterocycles. The minimum Gasteiger partial charge on any atom is -0.507 e. The summed E-state index contributed by atoms with van der Waals surface area (Å²) in [4.78, 5) is 54.7. The molecule has 0 aliphatic carbocycles. The molecule has 178 valence electrons. The number of carbonyl (C=O) groups is 3. The van der Waals surface area contributed by atoms with Crippen LogP contribution in [-0.4, -0.2) is 39.8 Å². The second-order valence-electron chi connectivity index (χ2n) is 7.43. The number of hydrogen-bond acceptors (Lipinski definition) is 9. The highest BCUT2D eigenvalue weighted by Crippen LogP contribution is 2.44. The molecule has 12 heteroatoms. The van der Waals surface area contributed by atoms with Crippen LogP contribution >= 0.6 is 22.9 Å². The van der Waals surface area contributed by atoms with E-state index in [1.807, 2.05) is 0 Å². The molecule has 4 rings (SSSR count). The number of aliphatic hydroxyl groups excluding tert-OH is 1. The van der Waals surface area contributed by atoms with E-state index in [4.69, 9.17) is 16.3 Å². The van der Waals surface area contributed by atoms with Crippen LogP contribution in [-0.2, 0) is 14.3 Å². The third-order valence-corrected chi connectivity index (χ3v) is 6.71. The Kier molecular flexibility index (Phi) is 6.37. The number of esters is 1. The zero-order chi connectivity index (χ0) is 25.4. The number of thiazole rings is 1.